The lowest BCUT2D eigenvalue weighted by Crippen LogP contribution is -2.03. The summed E-state index contributed by atoms with van der Waals surface area (Å²) in [6.45, 7) is 3.72. The fourth-order valence-corrected chi connectivity index (χ4v) is 1.73. The zero-order chi connectivity index (χ0) is 10.8. The van der Waals surface area contributed by atoms with E-state index in [-0.39, 0.29) is 0 Å². The van der Waals surface area contributed by atoms with Crippen LogP contribution in [-0.4, -0.2) is 11.1 Å². The molecule has 1 aliphatic carbocycles. The van der Waals surface area contributed by atoms with Gasteiger partial charge in [0.2, 0.25) is 0 Å². The number of hydrogen-bond acceptors (Lipinski definition) is 1. The molecule has 1 N–H and O–H groups in total. The van der Waals surface area contributed by atoms with E-state index in [0.717, 1.165) is 28.3 Å². The molecule has 2 nitrogen and oxygen atoms in total. The van der Waals surface area contributed by atoms with Gasteiger partial charge in [-0.3, -0.25) is 0 Å². The maximum atomic E-state index is 10.4. The van der Waals surface area contributed by atoms with Gasteiger partial charge in [0, 0.05) is 6.08 Å². The van der Waals surface area contributed by atoms with Gasteiger partial charge in [0.25, 0.3) is 0 Å². The molecule has 0 unspecified atom stereocenters. The fourth-order valence-electron chi connectivity index (χ4n) is 1.73. The molecule has 0 saturated carbocycles. The van der Waals surface area contributed by atoms with Crippen LogP contribution in [0.1, 0.15) is 11.1 Å². The number of rotatable bonds is 3. The van der Waals surface area contributed by atoms with E-state index in [1.807, 2.05) is 24.3 Å². The van der Waals surface area contributed by atoms with Crippen molar-refractivity contribution < 1.29 is 9.90 Å². The second kappa shape index (κ2) is 3.58. The Morgan fingerprint density at radius 3 is 2.33 bits per heavy atom. The fraction of sp³-hybridized carbons (Fsp3) is 0. The van der Waals surface area contributed by atoms with Gasteiger partial charge in [-0.25, -0.2) is 4.79 Å². The predicted molar refractivity (Wildman–Crippen MR) is 60.2 cm³/mol. The van der Waals surface area contributed by atoms with Crippen LogP contribution < -0.4 is 0 Å². The molecule has 0 fully saturated rings. The standard InChI is InChI=1S/C13H10O2/c1-2-9-10-5-3-4-6-11(10)12(9)7-8-13(14)15/h2-8H,1H2,(H,14,15). The molecule has 0 amide bonds. The van der Waals surface area contributed by atoms with Crippen molar-refractivity contribution in [2.45, 2.75) is 0 Å². The molecule has 15 heavy (non-hydrogen) atoms. The van der Waals surface area contributed by atoms with Crippen LogP contribution in [0.15, 0.2) is 49.1 Å². The zero-order valence-corrected chi connectivity index (χ0v) is 8.10. The quantitative estimate of drug-likeness (QED) is 0.758. The van der Waals surface area contributed by atoms with Gasteiger partial charge in [0.1, 0.15) is 0 Å². The third-order valence-corrected chi connectivity index (χ3v) is 2.39. The average molecular weight is 198 g/mol. The number of carbonyl (C=O) groups is 1. The highest BCUT2D eigenvalue weighted by molar-refractivity contribution is 6.11. The summed E-state index contributed by atoms with van der Waals surface area (Å²) in [5, 5.41) is 8.55. The maximum Gasteiger partial charge on any atom is 0.328 e. The lowest BCUT2D eigenvalue weighted by Gasteiger charge is -2.23. The first-order chi connectivity index (χ1) is 7.24. The van der Waals surface area contributed by atoms with Crippen LogP contribution in [0.25, 0.3) is 11.1 Å². The van der Waals surface area contributed by atoms with Gasteiger partial charge in [-0.2, -0.15) is 0 Å². The van der Waals surface area contributed by atoms with E-state index in [9.17, 15) is 4.79 Å². The third kappa shape index (κ3) is 1.50. The molecule has 1 aromatic carbocycles. The Bertz CT molecular complexity index is 493. The Morgan fingerprint density at radius 1 is 1.20 bits per heavy atom. The van der Waals surface area contributed by atoms with Crippen LogP contribution in [0.4, 0.5) is 0 Å². The van der Waals surface area contributed by atoms with Crippen LogP contribution in [-0.2, 0) is 4.79 Å². The molecule has 0 atom stereocenters. The topological polar surface area (TPSA) is 37.3 Å². The number of carboxylic acids is 1. The maximum absolute atomic E-state index is 10.4. The minimum atomic E-state index is -0.935. The Morgan fingerprint density at radius 2 is 1.80 bits per heavy atom. The highest BCUT2D eigenvalue weighted by atomic mass is 16.4. The smallest absolute Gasteiger partial charge is 0.328 e. The second-order valence-corrected chi connectivity index (χ2v) is 3.25. The molecule has 74 valence electrons. The lowest BCUT2D eigenvalue weighted by atomic mass is 9.80. The van der Waals surface area contributed by atoms with Crippen molar-refractivity contribution in [1.29, 1.82) is 0 Å². The van der Waals surface area contributed by atoms with E-state index in [1.165, 1.54) is 0 Å². The van der Waals surface area contributed by atoms with E-state index in [0.29, 0.717) is 0 Å². The zero-order valence-electron chi connectivity index (χ0n) is 8.10. The SMILES string of the molecule is C=CC1=C(C=CC(=O)O)c2ccccc21. The third-order valence-electron chi connectivity index (χ3n) is 2.39. The van der Waals surface area contributed by atoms with Crippen molar-refractivity contribution in [2.75, 3.05) is 0 Å². The summed E-state index contributed by atoms with van der Waals surface area (Å²) in [6.07, 6.45) is 4.51. The minimum absolute atomic E-state index is 0.935. The molecule has 0 saturated heterocycles. The Hall–Kier alpha value is -2.09. The molecule has 1 aliphatic rings. The molecular weight excluding hydrogens is 188 g/mol. The van der Waals surface area contributed by atoms with Gasteiger partial charge in [0.05, 0.1) is 0 Å². The van der Waals surface area contributed by atoms with Crippen LogP contribution >= 0.6 is 0 Å². The summed E-state index contributed by atoms with van der Waals surface area (Å²) in [5.41, 5.74) is 4.19. The molecule has 1 aromatic rings. The monoisotopic (exact) mass is 198 g/mol. The lowest BCUT2D eigenvalue weighted by molar-refractivity contribution is -0.131. The molecule has 2 rings (SSSR count). The van der Waals surface area contributed by atoms with Gasteiger partial charge in [-0.05, 0) is 28.3 Å². The van der Waals surface area contributed by atoms with Crippen molar-refractivity contribution in [2.24, 2.45) is 0 Å². The van der Waals surface area contributed by atoms with Crippen LogP contribution in [0, 0.1) is 0 Å². The Balaban J connectivity index is 2.40. The van der Waals surface area contributed by atoms with Crippen molar-refractivity contribution in [3.8, 4) is 0 Å². The first-order valence-corrected chi connectivity index (χ1v) is 4.61. The van der Waals surface area contributed by atoms with Gasteiger partial charge < -0.3 is 5.11 Å². The second-order valence-electron chi connectivity index (χ2n) is 3.25. The van der Waals surface area contributed by atoms with Gasteiger partial charge in [-0.1, -0.05) is 36.9 Å². The average Bonchev–Trinajstić information content (AvgIpc) is 2.19. The van der Waals surface area contributed by atoms with Crippen molar-refractivity contribution in [1.82, 2.24) is 0 Å². The van der Waals surface area contributed by atoms with E-state index in [4.69, 9.17) is 5.11 Å². The largest absolute Gasteiger partial charge is 0.478 e. The summed E-state index contributed by atoms with van der Waals surface area (Å²) in [7, 11) is 0. The van der Waals surface area contributed by atoms with Gasteiger partial charge in [0.15, 0.2) is 0 Å². The van der Waals surface area contributed by atoms with Crippen LogP contribution in [0.3, 0.4) is 0 Å². The first kappa shape index (κ1) is 9.46. The van der Waals surface area contributed by atoms with Crippen molar-refractivity contribution >= 4 is 17.1 Å². The summed E-state index contributed by atoms with van der Waals surface area (Å²) < 4.78 is 0. The van der Waals surface area contributed by atoms with Gasteiger partial charge in [-0.15, -0.1) is 0 Å². The molecule has 0 aliphatic heterocycles. The van der Waals surface area contributed by atoms with Crippen molar-refractivity contribution in [3.63, 3.8) is 0 Å². The number of benzene rings is 1. The Kier molecular flexibility index (Phi) is 2.26. The number of aliphatic carboxylic acids is 1. The van der Waals surface area contributed by atoms with Crippen LogP contribution in [0.2, 0.25) is 0 Å². The highest BCUT2D eigenvalue weighted by Crippen LogP contribution is 2.41. The first-order valence-electron chi connectivity index (χ1n) is 4.61. The van der Waals surface area contributed by atoms with E-state index < -0.39 is 5.97 Å². The minimum Gasteiger partial charge on any atom is -0.478 e. The summed E-state index contributed by atoms with van der Waals surface area (Å²) in [6, 6.07) is 7.88. The molecule has 0 heterocycles. The summed E-state index contributed by atoms with van der Waals surface area (Å²) in [5.74, 6) is -0.935. The normalized spacial score (nSPS) is 13.6. The molecule has 0 spiro atoms. The molecule has 0 bridgehead atoms. The number of carboxylic acid groups (broad SMARTS) is 1. The van der Waals surface area contributed by atoms with Gasteiger partial charge >= 0.3 is 5.97 Å². The molecule has 2 heteroatoms. The number of hydrogen-bond donors (Lipinski definition) is 1. The molecular formula is C13H10O2. The van der Waals surface area contributed by atoms with E-state index >= 15 is 0 Å². The molecule has 0 aromatic heterocycles. The summed E-state index contributed by atoms with van der Waals surface area (Å²) >= 11 is 0. The number of fused-ring (bicyclic) bond motifs is 1. The Labute approximate surface area is 87.9 Å². The van der Waals surface area contributed by atoms with Crippen LogP contribution in [0.5, 0.6) is 0 Å². The summed E-state index contributed by atoms with van der Waals surface area (Å²) in [4.78, 5) is 10.4. The molecule has 0 radical (unpaired) electrons. The van der Waals surface area contributed by atoms with Crippen molar-refractivity contribution in [3.05, 3.63) is 60.2 Å². The predicted octanol–water partition coefficient (Wildman–Crippen LogP) is 2.74. The number of allylic oxidation sites excluding steroid dienone is 4. The highest BCUT2D eigenvalue weighted by Gasteiger charge is 2.20. The van der Waals surface area contributed by atoms with E-state index in [1.54, 1.807) is 12.2 Å². The van der Waals surface area contributed by atoms with E-state index in [2.05, 4.69) is 6.58 Å².